The van der Waals surface area contributed by atoms with Crippen molar-refractivity contribution in [1.29, 1.82) is 0 Å². The highest BCUT2D eigenvalue weighted by Gasteiger charge is 2.23. The van der Waals surface area contributed by atoms with Crippen LogP contribution in [0.5, 0.6) is 5.75 Å². The van der Waals surface area contributed by atoms with Crippen molar-refractivity contribution in [2.45, 2.75) is 72.6 Å². The summed E-state index contributed by atoms with van der Waals surface area (Å²) in [5.41, 5.74) is 3.71. The summed E-state index contributed by atoms with van der Waals surface area (Å²) in [7, 11) is 0. The summed E-state index contributed by atoms with van der Waals surface area (Å²) >= 11 is 12.6. The van der Waals surface area contributed by atoms with Crippen molar-refractivity contribution in [3.05, 3.63) is 63.1 Å². The second kappa shape index (κ2) is 14.0. The summed E-state index contributed by atoms with van der Waals surface area (Å²) in [6, 6.07) is 12.4. The molecule has 5 heteroatoms. The molecule has 0 spiro atoms. The largest absolute Gasteiger partial charge is 1.00 e. The molecule has 186 valence electrons. The van der Waals surface area contributed by atoms with Gasteiger partial charge in [0.25, 0.3) is 0 Å². The number of hydrogen-bond donors (Lipinski definition) is 0. The van der Waals surface area contributed by atoms with Crippen molar-refractivity contribution in [3.8, 4) is 5.75 Å². The highest BCUT2D eigenvalue weighted by atomic mass is 79.9. The number of hydrogen-bond acceptors (Lipinski definition) is 1. The SMILES string of the molecule is CCCC[N+](CC)(CC)CCOc1ccc(C(C)(C)CC)cc1Cc1ccc(Cl)cc1Cl.[Br-]. The van der Waals surface area contributed by atoms with E-state index in [1.807, 2.05) is 18.2 Å². The predicted molar refractivity (Wildman–Crippen MR) is 141 cm³/mol. The Bertz CT molecular complexity index is 865. The van der Waals surface area contributed by atoms with Gasteiger partial charge in [0.2, 0.25) is 0 Å². The first kappa shape index (κ1) is 30.3. The van der Waals surface area contributed by atoms with Crippen LogP contribution in [-0.2, 0) is 11.8 Å². The molecule has 0 atom stereocenters. The van der Waals surface area contributed by atoms with E-state index in [1.165, 1.54) is 30.5 Å². The lowest BCUT2D eigenvalue weighted by molar-refractivity contribution is -0.925. The van der Waals surface area contributed by atoms with E-state index in [0.717, 1.165) is 54.9 Å². The third-order valence-corrected chi connectivity index (χ3v) is 7.86. The smallest absolute Gasteiger partial charge is 0.137 e. The van der Waals surface area contributed by atoms with E-state index in [-0.39, 0.29) is 22.4 Å². The van der Waals surface area contributed by atoms with Crippen LogP contribution in [0.2, 0.25) is 10.0 Å². The molecule has 0 amide bonds. The Morgan fingerprint density at radius 1 is 0.879 bits per heavy atom. The highest BCUT2D eigenvalue weighted by Crippen LogP contribution is 2.33. The first-order valence-electron chi connectivity index (χ1n) is 12.3. The van der Waals surface area contributed by atoms with Crippen LogP contribution >= 0.6 is 23.2 Å². The molecule has 0 saturated heterocycles. The van der Waals surface area contributed by atoms with E-state index >= 15 is 0 Å². The number of rotatable bonds is 13. The zero-order valence-electron chi connectivity index (χ0n) is 21.3. The van der Waals surface area contributed by atoms with Gasteiger partial charge in [-0.25, -0.2) is 0 Å². The molecule has 0 heterocycles. The van der Waals surface area contributed by atoms with Crippen LogP contribution in [0.15, 0.2) is 36.4 Å². The van der Waals surface area contributed by atoms with Crippen molar-refractivity contribution in [2.24, 2.45) is 0 Å². The summed E-state index contributed by atoms with van der Waals surface area (Å²) in [5.74, 6) is 0.965. The zero-order chi connectivity index (χ0) is 23.8. The molecular weight excluding hydrogens is 517 g/mol. The lowest BCUT2D eigenvalue weighted by atomic mass is 9.81. The molecule has 0 aliphatic rings. The van der Waals surface area contributed by atoms with Crippen molar-refractivity contribution < 1.29 is 26.2 Å². The first-order valence-corrected chi connectivity index (χ1v) is 13.0. The van der Waals surface area contributed by atoms with Gasteiger partial charge >= 0.3 is 0 Å². The fourth-order valence-electron chi connectivity index (χ4n) is 4.16. The van der Waals surface area contributed by atoms with Crippen LogP contribution in [0.3, 0.4) is 0 Å². The summed E-state index contributed by atoms with van der Waals surface area (Å²) in [4.78, 5) is 0. The summed E-state index contributed by atoms with van der Waals surface area (Å²) < 4.78 is 7.55. The molecule has 0 radical (unpaired) electrons. The quantitative estimate of drug-likeness (QED) is 0.303. The Balaban J connectivity index is 0.00000544. The molecule has 0 saturated carbocycles. The van der Waals surface area contributed by atoms with Gasteiger partial charge in [0.15, 0.2) is 0 Å². The molecule has 0 bridgehead atoms. The molecule has 0 aliphatic carbocycles. The van der Waals surface area contributed by atoms with Crippen LogP contribution in [0.1, 0.15) is 77.5 Å². The van der Waals surface area contributed by atoms with Crippen molar-refractivity contribution in [1.82, 2.24) is 0 Å². The minimum absolute atomic E-state index is 0. The van der Waals surface area contributed by atoms with Crippen molar-refractivity contribution >= 4 is 23.2 Å². The summed E-state index contributed by atoms with van der Waals surface area (Å²) in [6.07, 6.45) is 4.32. The zero-order valence-corrected chi connectivity index (χ0v) is 24.4. The van der Waals surface area contributed by atoms with E-state index in [0.29, 0.717) is 10.0 Å². The van der Waals surface area contributed by atoms with Gasteiger partial charge in [-0.1, -0.05) is 75.5 Å². The fourth-order valence-corrected chi connectivity index (χ4v) is 4.64. The van der Waals surface area contributed by atoms with Gasteiger partial charge in [0, 0.05) is 16.5 Å². The minimum atomic E-state index is 0. The van der Waals surface area contributed by atoms with Crippen LogP contribution in [-0.4, -0.2) is 37.3 Å². The van der Waals surface area contributed by atoms with E-state index < -0.39 is 0 Å². The Kier molecular flexibility index (Phi) is 12.8. The first-order chi connectivity index (χ1) is 15.2. The second-order valence-corrected chi connectivity index (χ2v) is 10.4. The van der Waals surface area contributed by atoms with Gasteiger partial charge in [-0.15, -0.1) is 0 Å². The van der Waals surface area contributed by atoms with Crippen LogP contribution < -0.4 is 21.7 Å². The van der Waals surface area contributed by atoms with Gasteiger partial charge in [0.05, 0.1) is 19.6 Å². The molecule has 2 rings (SSSR count). The summed E-state index contributed by atoms with van der Waals surface area (Å²) in [6.45, 7) is 19.0. The van der Waals surface area contributed by atoms with E-state index in [9.17, 15) is 0 Å². The Morgan fingerprint density at radius 3 is 2.15 bits per heavy atom. The fraction of sp³-hybridized carbons (Fsp3) is 0.571. The maximum atomic E-state index is 6.51. The maximum absolute atomic E-state index is 6.51. The Labute approximate surface area is 223 Å². The molecule has 2 aromatic carbocycles. The van der Waals surface area contributed by atoms with Gasteiger partial charge in [-0.2, -0.15) is 0 Å². The molecule has 0 unspecified atom stereocenters. The number of likely N-dealkylation sites (N-methyl/N-ethyl adjacent to an activating group) is 1. The molecule has 2 aromatic rings. The Morgan fingerprint density at radius 2 is 1.58 bits per heavy atom. The molecule has 0 aliphatic heterocycles. The second-order valence-electron chi connectivity index (χ2n) is 9.60. The van der Waals surface area contributed by atoms with Crippen molar-refractivity contribution in [2.75, 3.05) is 32.8 Å². The number of nitrogens with zero attached hydrogens (tertiary/aromatic N) is 1. The number of unbranched alkanes of at least 4 members (excludes halogenated alkanes) is 1. The van der Waals surface area contributed by atoms with E-state index in [2.05, 4.69) is 59.7 Å². The van der Waals surface area contributed by atoms with Gasteiger partial charge in [-0.3, -0.25) is 0 Å². The van der Waals surface area contributed by atoms with Crippen LogP contribution in [0, 0.1) is 0 Å². The molecule has 0 fully saturated rings. The Hall–Kier alpha value is -0.740. The number of quaternary nitrogens is 1. The topological polar surface area (TPSA) is 9.23 Å². The molecule has 0 aromatic heterocycles. The maximum Gasteiger partial charge on any atom is 0.137 e. The molecule has 33 heavy (non-hydrogen) atoms. The van der Waals surface area contributed by atoms with Crippen LogP contribution in [0.25, 0.3) is 0 Å². The van der Waals surface area contributed by atoms with Crippen molar-refractivity contribution in [3.63, 3.8) is 0 Å². The van der Waals surface area contributed by atoms with Crippen LogP contribution in [0.4, 0.5) is 0 Å². The predicted octanol–water partition coefficient (Wildman–Crippen LogP) is 5.31. The molecular formula is C28H42BrCl2NO. The van der Waals surface area contributed by atoms with Gasteiger partial charge < -0.3 is 26.2 Å². The normalized spacial score (nSPS) is 11.9. The molecule has 0 N–H and O–H groups in total. The van der Waals surface area contributed by atoms with E-state index in [1.54, 1.807) is 0 Å². The number of benzene rings is 2. The summed E-state index contributed by atoms with van der Waals surface area (Å²) in [5, 5.41) is 1.37. The average Bonchev–Trinajstić information content (AvgIpc) is 2.79. The third kappa shape index (κ3) is 8.46. The highest BCUT2D eigenvalue weighted by molar-refractivity contribution is 6.35. The molecule has 2 nitrogen and oxygen atoms in total. The third-order valence-electron chi connectivity index (χ3n) is 7.27. The standard InChI is InChI=1S/C28H42Cl2NO.BrH/c1-7-11-16-31(9-3,10-4)17-18-32-27-15-13-24(28(5,6)8-2)20-23(27)19-22-12-14-25(29)21-26(22)30;/h12-15,20-21H,7-11,16-19H2,1-6H3;1H/q+1;/p-1. The van der Waals surface area contributed by atoms with Gasteiger partial charge in [0.1, 0.15) is 18.9 Å². The monoisotopic (exact) mass is 557 g/mol. The van der Waals surface area contributed by atoms with Gasteiger partial charge in [-0.05, 0) is 67.0 Å². The lowest BCUT2D eigenvalue weighted by Crippen LogP contribution is -3.00. The average molecular weight is 559 g/mol. The lowest BCUT2D eigenvalue weighted by Gasteiger charge is -2.37. The number of ether oxygens (including phenoxy) is 1. The van der Waals surface area contributed by atoms with E-state index in [4.69, 9.17) is 27.9 Å². The minimum Gasteiger partial charge on any atom is -1.00 e. The number of halogens is 3.